The van der Waals surface area contributed by atoms with Gasteiger partial charge in [0.25, 0.3) is 5.91 Å². The lowest BCUT2D eigenvalue weighted by atomic mass is 10.0. The zero-order chi connectivity index (χ0) is 19.1. The molecule has 6 N–H and O–H groups in total. The molecule has 0 aliphatic heterocycles. The Morgan fingerprint density at radius 1 is 1.00 bits per heavy atom. The Bertz CT molecular complexity index is 1130. The molecule has 26 heavy (non-hydrogen) atoms. The van der Waals surface area contributed by atoms with Gasteiger partial charge < -0.3 is 16.5 Å². The number of aromatic nitrogens is 1. The number of H-pyrrole nitrogens is 1. The third-order valence-electron chi connectivity index (χ3n) is 3.91. The second kappa shape index (κ2) is 6.19. The Hall–Kier alpha value is -3.33. The number of benzene rings is 2. The van der Waals surface area contributed by atoms with Crippen LogP contribution in [0.4, 0.5) is 10.6 Å². The maximum Gasteiger partial charge on any atom is 0.317 e. The molecule has 3 rings (SSSR count). The average molecular weight is 372 g/mol. The molecule has 0 unspecified atom stereocenters. The van der Waals surface area contributed by atoms with Crippen molar-refractivity contribution in [2.45, 2.75) is 4.90 Å². The molecule has 0 spiro atoms. The summed E-state index contributed by atoms with van der Waals surface area (Å²) in [6.45, 7) is 0. The van der Waals surface area contributed by atoms with Gasteiger partial charge in [-0.05, 0) is 29.3 Å². The van der Waals surface area contributed by atoms with Gasteiger partial charge in [-0.3, -0.25) is 10.1 Å². The highest BCUT2D eigenvalue weighted by Crippen LogP contribution is 2.30. The minimum Gasteiger partial charge on any atom is -0.365 e. The Balaban J connectivity index is 2.09. The van der Waals surface area contributed by atoms with Crippen molar-refractivity contribution in [3.8, 4) is 11.1 Å². The lowest BCUT2D eigenvalue weighted by molar-refractivity contribution is 0.100. The molecule has 0 fully saturated rings. The van der Waals surface area contributed by atoms with E-state index in [0.29, 0.717) is 10.9 Å². The van der Waals surface area contributed by atoms with Crippen LogP contribution >= 0.6 is 0 Å². The van der Waals surface area contributed by atoms with E-state index in [-0.39, 0.29) is 16.3 Å². The van der Waals surface area contributed by atoms with E-state index in [1.807, 2.05) is 0 Å². The maximum absolute atomic E-state index is 11.7. The van der Waals surface area contributed by atoms with Crippen molar-refractivity contribution >= 4 is 38.5 Å². The number of amides is 3. The first-order valence-corrected chi connectivity index (χ1v) is 9.38. The van der Waals surface area contributed by atoms with E-state index in [1.165, 1.54) is 12.1 Å². The largest absolute Gasteiger partial charge is 0.365 e. The molecule has 1 aromatic heterocycles. The second-order valence-electron chi connectivity index (χ2n) is 5.79. The van der Waals surface area contributed by atoms with Crippen LogP contribution in [0.5, 0.6) is 0 Å². The van der Waals surface area contributed by atoms with Crippen LogP contribution in [0.25, 0.3) is 22.0 Å². The molecule has 0 radical (unpaired) electrons. The summed E-state index contributed by atoms with van der Waals surface area (Å²) in [7, 11) is -3.27. The van der Waals surface area contributed by atoms with Gasteiger partial charge in [-0.15, -0.1) is 0 Å². The van der Waals surface area contributed by atoms with E-state index in [1.54, 1.807) is 30.3 Å². The van der Waals surface area contributed by atoms with Gasteiger partial charge in [-0.2, -0.15) is 0 Å². The van der Waals surface area contributed by atoms with Crippen LogP contribution in [0, 0.1) is 0 Å². The van der Waals surface area contributed by atoms with Crippen molar-refractivity contribution in [2.75, 3.05) is 11.6 Å². The third-order valence-corrected chi connectivity index (χ3v) is 5.04. The molecule has 0 atom stereocenters. The number of hydrogen-bond acceptors (Lipinski definition) is 4. The zero-order valence-electron chi connectivity index (χ0n) is 13.7. The number of hydrogen-bond donors (Lipinski definition) is 4. The van der Waals surface area contributed by atoms with Crippen LogP contribution in [0.1, 0.15) is 10.4 Å². The van der Waals surface area contributed by atoms with E-state index < -0.39 is 21.8 Å². The summed E-state index contributed by atoms with van der Waals surface area (Å²) in [5.41, 5.74) is 12.8. The molecule has 0 saturated heterocycles. The third kappa shape index (κ3) is 3.24. The molecule has 0 aliphatic rings. The second-order valence-corrected chi connectivity index (χ2v) is 7.80. The highest BCUT2D eigenvalue weighted by atomic mass is 32.2. The monoisotopic (exact) mass is 372 g/mol. The highest BCUT2D eigenvalue weighted by Gasteiger charge is 2.18. The van der Waals surface area contributed by atoms with Gasteiger partial charge >= 0.3 is 6.03 Å². The molecule has 9 heteroatoms. The fourth-order valence-corrected chi connectivity index (χ4v) is 3.38. The van der Waals surface area contributed by atoms with Gasteiger partial charge in [0.15, 0.2) is 9.84 Å². The first kappa shape index (κ1) is 17.5. The SMILES string of the molecule is CS(=O)(=O)c1ccc(-c2ccc3c(C(N)=O)c(NC(N)=O)[nH]c3c2)cc1. The van der Waals surface area contributed by atoms with Gasteiger partial charge in [-0.1, -0.05) is 24.3 Å². The molecule has 1 heterocycles. The first-order chi connectivity index (χ1) is 12.2. The summed E-state index contributed by atoms with van der Waals surface area (Å²) in [5.74, 6) is -0.574. The number of carbonyl (C=O) groups is 2. The number of carbonyl (C=O) groups excluding carboxylic acids is 2. The van der Waals surface area contributed by atoms with Gasteiger partial charge in [0, 0.05) is 17.2 Å². The number of aromatic amines is 1. The summed E-state index contributed by atoms with van der Waals surface area (Å²) in [6.07, 6.45) is 1.14. The fraction of sp³-hybridized carbons (Fsp3) is 0.0588. The maximum atomic E-state index is 11.7. The number of urea groups is 1. The van der Waals surface area contributed by atoms with Crippen molar-refractivity contribution in [3.05, 3.63) is 48.0 Å². The molecule has 0 aliphatic carbocycles. The van der Waals surface area contributed by atoms with Crippen LogP contribution in [0.2, 0.25) is 0 Å². The predicted molar refractivity (Wildman–Crippen MR) is 98.6 cm³/mol. The normalized spacial score (nSPS) is 11.4. The number of primary amides is 2. The Morgan fingerprint density at radius 3 is 2.15 bits per heavy atom. The molecule has 8 nitrogen and oxygen atoms in total. The predicted octanol–water partition coefficient (Wildman–Crippen LogP) is 1.83. The number of nitrogens with one attached hydrogen (secondary N) is 2. The molecular formula is C17H16N4O4S. The Labute approximate surface area is 149 Å². The molecular weight excluding hydrogens is 356 g/mol. The lowest BCUT2D eigenvalue weighted by Crippen LogP contribution is -2.22. The fourth-order valence-electron chi connectivity index (χ4n) is 2.74. The van der Waals surface area contributed by atoms with Gasteiger partial charge in [0.2, 0.25) is 0 Å². The Kier molecular flexibility index (Phi) is 4.17. The summed E-state index contributed by atoms with van der Waals surface area (Å²) in [4.78, 5) is 26.0. The van der Waals surface area contributed by atoms with Crippen molar-refractivity contribution in [3.63, 3.8) is 0 Å². The molecule has 3 amide bonds. The molecule has 2 aromatic carbocycles. The summed E-state index contributed by atoms with van der Waals surface area (Å²) < 4.78 is 23.1. The zero-order valence-corrected chi connectivity index (χ0v) is 14.6. The van der Waals surface area contributed by atoms with Gasteiger partial charge in [0.1, 0.15) is 5.82 Å². The van der Waals surface area contributed by atoms with E-state index in [9.17, 15) is 18.0 Å². The minimum absolute atomic E-state index is 0.129. The van der Waals surface area contributed by atoms with E-state index in [0.717, 1.165) is 17.4 Å². The molecule has 134 valence electrons. The lowest BCUT2D eigenvalue weighted by Gasteiger charge is -2.04. The minimum atomic E-state index is -3.27. The number of fused-ring (bicyclic) bond motifs is 1. The van der Waals surface area contributed by atoms with E-state index in [2.05, 4.69) is 10.3 Å². The van der Waals surface area contributed by atoms with Crippen LogP contribution in [-0.4, -0.2) is 31.6 Å². The van der Waals surface area contributed by atoms with Crippen LogP contribution in [0.15, 0.2) is 47.4 Å². The van der Waals surface area contributed by atoms with Gasteiger partial charge in [-0.25, -0.2) is 13.2 Å². The molecule has 0 saturated carbocycles. The summed E-state index contributed by atoms with van der Waals surface area (Å²) in [6, 6.07) is 10.8. The van der Waals surface area contributed by atoms with Gasteiger partial charge in [0.05, 0.1) is 10.5 Å². The Morgan fingerprint density at radius 2 is 1.62 bits per heavy atom. The number of rotatable bonds is 4. The molecule has 0 bridgehead atoms. The van der Waals surface area contributed by atoms with Crippen LogP contribution < -0.4 is 16.8 Å². The van der Waals surface area contributed by atoms with Crippen molar-refractivity contribution in [1.82, 2.24) is 4.98 Å². The first-order valence-electron chi connectivity index (χ1n) is 7.49. The quantitative estimate of drug-likeness (QED) is 0.553. The summed E-state index contributed by atoms with van der Waals surface area (Å²) in [5, 5.41) is 2.88. The van der Waals surface area contributed by atoms with Crippen LogP contribution in [-0.2, 0) is 9.84 Å². The summed E-state index contributed by atoms with van der Waals surface area (Å²) >= 11 is 0. The van der Waals surface area contributed by atoms with Crippen molar-refractivity contribution < 1.29 is 18.0 Å². The van der Waals surface area contributed by atoms with Crippen LogP contribution in [0.3, 0.4) is 0 Å². The van der Waals surface area contributed by atoms with Crippen molar-refractivity contribution in [2.24, 2.45) is 11.5 Å². The number of anilines is 1. The standard InChI is InChI=1S/C17H16N4O4S/c1-26(24,25)11-5-2-9(3-6-11)10-4-7-12-13(8-10)20-16(21-17(19)23)14(12)15(18)22/h2-8,20H,1H3,(H2,18,22)(H3,19,21,23). The number of sulfone groups is 1. The number of nitrogens with two attached hydrogens (primary N) is 2. The smallest absolute Gasteiger partial charge is 0.317 e. The average Bonchev–Trinajstić information content (AvgIpc) is 2.90. The molecule has 3 aromatic rings. The van der Waals surface area contributed by atoms with E-state index in [4.69, 9.17) is 11.5 Å². The highest BCUT2D eigenvalue weighted by molar-refractivity contribution is 7.90. The van der Waals surface area contributed by atoms with E-state index >= 15 is 0 Å². The topological polar surface area (TPSA) is 148 Å². The van der Waals surface area contributed by atoms with Crippen molar-refractivity contribution in [1.29, 1.82) is 0 Å².